The fourth-order valence-electron chi connectivity index (χ4n) is 3.94. The maximum absolute atomic E-state index is 13.0. The zero-order valence-electron chi connectivity index (χ0n) is 17.5. The van der Waals surface area contributed by atoms with Gasteiger partial charge in [0, 0.05) is 26.2 Å². The second-order valence-electron chi connectivity index (χ2n) is 7.74. The first-order valence-corrected chi connectivity index (χ1v) is 10.4. The van der Waals surface area contributed by atoms with Crippen molar-refractivity contribution in [3.8, 4) is 0 Å². The molecule has 4 rings (SSSR count). The maximum atomic E-state index is 13.0. The van der Waals surface area contributed by atoms with E-state index in [1.54, 1.807) is 17.0 Å². The maximum Gasteiger partial charge on any atom is 0.290 e. The Morgan fingerprint density at radius 1 is 1.16 bits per heavy atom. The Balaban J connectivity index is 1.61. The van der Waals surface area contributed by atoms with Crippen LogP contribution in [0.1, 0.15) is 22.9 Å². The Labute approximate surface area is 181 Å². The number of benzene rings is 1. The van der Waals surface area contributed by atoms with Crippen molar-refractivity contribution in [3.63, 3.8) is 0 Å². The molecular formula is C24H26N2O5. The fourth-order valence-corrected chi connectivity index (χ4v) is 3.94. The van der Waals surface area contributed by atoms with Crippen LogP contribution in [0.2, 0.25) is 0 Å². The normalized spacial score (nSPS) is 20.2. The molecule has 1 saturated heterocycles. The molecule has 2 aliphatic rings. The summed E-state index contributed by atoms with van der Waals surface area (Å²) in [5, 5.41) is 10.7. The van der Waals surface area contributed by atoms with Gasteiger partial charge in [-0.05, 0) is 36.8 Å². The molecule has 0 bridgehead atoms. The third-order valence-electron chi connectivity index (χ3n) is 5.67. The second kappa shape index (κ2) is 9.32. The van der Waals surface area contributed by atoms with E-state index >= 15 is 0 Å². The predicted molar refractivity (Wildman–Crippen MR) is 115 cm³/mol. The second-order valence-corrected chi connectivity index (χ2v) is 7.74. The number of carbonyl (C=O) groups is 2. The van der Waals surface area contributed by atoms with Gasteiger partial charge in [-0.2, -0.15) is 0 Å². The molecule has 0 radical (unpaired) electrons. The summed E-state index contributed by atoms with van der Waals surface area (Å²) in [5.41, 5.74) is 1.96. The quantitative estimate of drug-likeness (QED) is 0.691. The number of allylic oxidation sites excluding steroid dienone is 1. The van der Waals surface area contributed by atoms with Gasteiger partial charge in [-0.25, -0.2) is 0 Å². The summed E-state index contributed by atoms with van der Waals surface area (Å²) in [5.74, 6) is -0.897. The van der Waals surface area contributed by atoms with Crippen molar-refractivity contribution in [3.05, 3.63) is 77.0 Å². The molecule has 1 fully saturated rings. The van der Waals surface area contributed by atoms with Crippen LogP contribution in [0.5, 0.6) is 0 Å². The molecule has 7 nitrogen and oxygen atoms in total. The Bertz CT molecular complexity index is 985. The Hall–Kier alpha value is -3.16. The van der Waals surface area contributed by atoms with Gasteiger partial charge in [0.2, 0.25) is 0 Å². The number of hydrogen-bond acceptors (Lipinski definition) is 6. The molecule has 1 aromatic carbocycles. The zero-order valence-corrected chi connectivity index (χ0v) is 17.5. The van der Waals surface area contributed by atoms with Crippen LogP contribution in [0, 0.1) is 6.92 Å². The average Bonchev–Trinajstić information content (AvgIpc) is 3.39. The van der Waals surface area contributed by atoms with Crippen LogP contribution >= 0.6 is 0 Å². The van der Waals surface area contributed by atoms with E-state index in [9.17, 15) is 14.7 Å². The molecule has 1 amide bonds. The molecule has 1 N–H and O–H groups in total. The number of aliphatic hydroxyl groups is 1. The average molecular weight is 422 g/mol. The molecular weight excluding hydrogens is 396 g/mol. The SMILES string of the molecule is Cc1ccc(C2C(C(=O)/C=C/c3ccco3)=C(O)C(=O)N2CCN2CCOCC2)cc1. The van der Waals surface area contributed by atoms with E-state index in [-0.39, 0.29) is 5.57 Å². The first kappa shape index (κ1) is 21.1. The highest BCUT2D eigenvalue weighted by molar-refractivity contribution is 6.14. The minimum absolute atomic E-state index is 0.0960. The first-order valence-electron chi connectivity index (χ1n) is 10.4. The van der Waals surface area contributed by atoms with E-state index < -0.39 is 23.5 Å². The number of morpholine rings is 1. The number of amides is 1. The van der Waals surface area contributed by atoms with Gasteiger partial charge < -0.3 is 19.2 Å². The van der Waals surface area contributed by atoms with E-state index in [1.807, 2.05) is 31.2 Å². The number of aliphatic hydroxyl groups excluding tert-OH is 1. The summed E-state index contributed by atoms with van der Waals surface area (Å²) in [7, 11) is 0. The summed E-state index contributed by atoms with van der Waals surface area (Å²) in [6.45, 7) is 5.96. The molecule has 1 atom stereocenters. The lowest BCUT2D eigenvalue weighted by molar-refractivity contribution is -0.129. The Morgan fingerprint density at radius 2 is 1.90 bits per heavy atom. The largest absolute Gasteiger partial charge is 0.503 e. The van der Waals surface area contributed by atoms with Gasteiger partial charge in [-0.15, -0.1) is 0 Å². The molecule has 2 aliphatic heterocycles. The summed E-state index contributed by atoms with van der Waals surface area (Å²) in [4.78, 5) is 29.8. The zero-order chi connectivity index (χ0) is 21.8. The summed E-state index contributed by atoms with van der Waals surface area (Å²) in [6, 6.07) is 10.5. The van der Waals surface area contributed by atoms with Crippen molar-refractivity contribution in [2.75, 3.05) is 39.4 Å². The lowest BCUT2D eigenvalue weighted by Gasteiger charge is -2.31. The topological polar surface area (TPSA) is 83.2 Å². The van der Waals surface area contributed by atoms with Gasteiger partial charge in [0.25, 0.3) is 5.91 Å². The van der Waals surface area contributed by atoms with Gasteiger partial charge in [0.05, 0.1) is 31.1 Å². The number of ketones is 1. The van der Waals surface area contributed by atoms with Crippen LogP contribution in [0.4, 0.5) is 0 Å². The molecule has 0 saturated carbocycles. The van der Waals surface area contributed by atoms with Crippen LogP contribution in [0.3, 0.4) is 0 Å². The summed E-state index contributed by atoms with van der Waals surface area (Å²) in [6.07, 6.45) is 4.39. The van der Waals surface area contributed by atoms with Crippen molar-refractivity contribution in [1.29, 1.82) is 0 Å². The number of aryl methyl sites for hydroxylation is 1. The fraction of sp³-hybridized carbons (Fsp3) is 0.333. The van der Waals surface area contributed by atoms with E-state index in [2.05, 4.69) is 4.90 Å². The molecule has 3 heterocycles. The smallest absolute Gasteiger partial charge is 0.290 e. The number of rotatable bonds is 7. The van der Waals surface area contributed by atoms with Gasteiger partial charge in [0.15, 0.2) is 11.5 Å². The van der Waals surface area contributed by atoms with Gasteiger partial charge in [-0.3, -0.25) is 14.5 Å². The van der Waals surface area contributed by atoms with Crippen molar-refractivity contribution < 1.29 is 23.8 Å². The standard InChI is InChI=1S/C24H26N2O5/c1-17-4-6-18(7-5-17)22-21(20(27)9-8-19-3-2-14-31-19)23(28)24(29)26(22)11-10-25-12-15-30-16-13-25/h2-9,14,22,28H,10-13,15-16H2,1H3/b9-8+. The molecule has 31 heavy (non-hydrogen) atoms. The van der Waals surface area contributed by atoms with Crippen LogP contribution in [0.25, 0.3) is 6.08 Å². The minimum atomic E-state index is -0.636. The highest BCUT2D eigenvalue weighted by Gasteiger charge is 2.42. The molecule has 2 aromatic rings. The molecule has 0 spiro atoms. The monoisotopic (exact) mass is 422 g/mol. The van der Waals surface area contributed by atoms with Crippen LogP contribution < -0.4 is 0 Å². The molecule has 7 heteroatoms. The van der Waals surface area contributed by atoms with Gasteiger partial charge in [-0.1, -0.05) is 29.8 Å². The highest BCUT2D eigenvalue weighted by atomic mass is 16.5. The molecule has 1 unspecified atom stereocenters. The van der Waals surface area contributed by atoms with Crippen LogP contribution in [-0.2, 0) is 14.3 Å². The van der Waals surface area contributed by atoms with E-state index in [0.29, 0.717) is 32.1 Å². The van der Waals surface area contributed by atoms with Crippen LogP contribution in [-0.4, -0.2) is 66.0 Å². The molecule has 1 aromatic heterocycles. The Morgan fingerprint density at radius 3 is 2.58 bits per heavy atom. The van der Waals surface area contributed by atoms with E-state index in [4.69, 9.17) is 9.15 Å². The van der Waals surface area contributed by atoms with Crippen LogP contribution in [0.15, 0.2) is 64.5 Å². The van der Waals surface area contributed by atoms with Crippen molar-refractivity contribution in [2.45, 2.75) is 13.0 Å². The number of ether oxygens (including phenoxy) is 1. The predicted octanol–water partition coefficient (Wildman–Crippen LogP) is 2.90. The van der Waals surface area contributed by atoms with Gasteiger partial charge >= 0.3 is 0 Å². The van der Waals surface area contributed by atoms with Crippen molar-refractivity contribution in [2.24, 2.45) is 0 Å². The number of carbonyl (C=O) groups excluding carboxylic acids is 2. The summed E-state index contributed by atoms with van der Waals surface area (Å²) >= 11 is 0. The number of hydrogen-bond donors (Lipinski definition) is 1. The van der Waals surface area contributed by atoms with E-state index in [1.165, 1.54) is 18.4 Å². The van der Waals surface area contributed by atoms with Crippen molar-refractivity contribution in [1.82, 2.24) is 9.80 Å². The van der Waals surface area contributed by atoms with Crippen molar-refractivity contribution >= 4 is 17.8 Å². The Kier molecular flexibility index (Phi) is 6.34. The highest BCUT2D eigenvalue weighted by Crippen LogP contribution is 2.38. The molecule has 0 aliphatic carbocycles. The van der Waals surface area contributed by atoms with Gasteiger partial charge in [0.1, 0.15) is 5.76 Å². The number of furan rings is 1. The van der Waals surface area contributed by atoms with E-state index in [0.717, 1.165) is 24.2 Å². The third kappa shape index (κ3) is 4.62. The first-order chi connectivity index (χ1) is 15.0. The summed E-state index contributed by atoms with van der Waals surface area (Å²) < 4.78 is 10.6. The minimum Gasteiger partial charge on any atom is -0.503 e. The third-order valence-corrected chi connectivity index (χ3v) is 5.67. The lowest BCUT2D eigenvalue weighted by atomic mass is 9.95. The lowest BCUT2D eigenvalue weighted by Crippen LogP contribution is -2.43. The number of nitrogens with zero attached hydrogens (tertiary/aromatic N) is 2. The molecule has 162 valence electrons.